The summed E-state index contributed by atoms with van der Waals surface area (Å²) in [6.45, 7) is 4.45. The van der Waals surface area contributed by atoms with Gasteiger partial charge in [0.2, 0.25) is 0 Å². The van der Waals surface area contributed by atoms with Crippen molar-refractivity contribution in [1.82, 2.24) is 4.98 Å². The van der Waals surface area contributed by atoms with Gasteiger partial charge in [0, 0.05) is 17.2 Å². The van der Waals surface area contributed by atoms with Crippen LogP contribution in [0.25, 0.3) is 6.08 Å². The second kappa shape index (κ2) is 6.34. The molecule has 0 aliphatic carbocycles. The Labute approximate surface area is 121 Å². The van der Waals surface area contributed by atoms with Crippen LogP contribution in [0.3, 0.4) is 0 Å². The highest BCUT2D eigenvalue weighted by Crippen LogP contribution is 2.23. The molecule has 2 rings (SSSR count). The van der Waals surface area contributed by atoms with Crippen LogP contribution in [0.15, 0.2) is 30.5 Å². The molecule has 1 N–H and O–H groups in total. The minimum absolute atomic E-state index is 0.385. The van der Waals surface area contributed by atoms with Crippen molar-refractivity contribution in [2.75, 3.05) is 0 Å². The molecule has 0 amide bonds. The van der Waals surface area contributed by atoms with E-state index in [0.29, 0.717) is 6.61 Å². The van der Waals surface area contributed by atoms with Crippen molar-refractivity contribution in [3.05, 3.63) is 51.5 Å². The molecule has 0 spiro atoms. The molecule has 1 aromatic carbocycles. The van der Waals surface area contributed by atoms with Crippen molar-refractivity contribution in [3.8, 4) is 5.75 Å². The molecule has 2 aromatic rings. The van der Waals surface area contributed by atoms with Crippen LogP contribution in [0, 0.1) is 13.8 Å². The van der Waals surface area contributed by atoms with Gasteiger partial charge < -0.3 is 9.84 Å². The summed E-state index contributed by atoms with van der Waals surface area (Å²) in [5.41, 5.74) is 2.31. The number of nitrogens with zero attached hydrogens (tertiary/aromatic N) is 1. The normalized spacial score (nSPS) is 10.9. The molecule has 0 aliphatic rings. The van der Waals surface area contributed by atoms with E-state index in [2.05, 4.69) is 4.98 Å². The second-order valence-electron chi connectivity index (χ2n) is 4.31. The van der Waals surface area contributed by atoms with Gasteiger partial charge in [-0.15, -0.1) is 11.3 Å². The smallest absolute Gasteiger partial charge is 0.328 e. The Morgan fingerprint density at radius 3 is 3.00 bits per heavy atom. The number of carboxylic acid groups (broad SMARTS) is 1. The first kappa shape index (κ1) is 14.3. The van der Waals surface area contributed by atoms with Crippen molar-refractivity contribution in [2.45, 2.75) is 20.5 Å². The molecule has 0 radical (unpaired) electrons. The highest BCUT2D eigenvalue weighted by Gasteiger charge is 2.05. The van der Waals surface area contributed by atoms with Crippen LogP contribution in [-0.4, -0.2) is 16.1 Å². The summed E-state index contributed by atoms with van der Waals surface area (Å²) in [6, 6.07) is 5.93. The summed E-state index contributed by atoms with van der Waals surface area (Å²) in [7, 11) is 0. The lowest BCUT2D eigenvalue weighted by Gasteiger charge is -2.09. The summed E-state index contributed by atoms with van der Waals surface area (Å²) in [5.74, 6) is -0.116. The molecular weight excluding hydrogens is 274 g/mol. The molecule has 5 heteroatoms. The van der Waals surface area contributed by atoms with Crippen LogP contribution in [0.2, 0.25) is 0 Å². The Bertz CT molecular complexity index is 646. The maximum Gasteiger partial charge on any atom is 0.328 e. The molecule has 104 valence electrons. The van der Waals surface area contributed by atoms with E-state index >= 15 is 0 Å². The third kappa shape index (κ3) is 3.68. The van der Waals surface area contributed by atoms with E-state index in [1.807, 2.05) is 32.0 Å². The van der Waals surface area contributed by atoms with E-state index in [0.717, 1.165) is 27.3 Å². The Morgan fingerprint density at radius 2 is 2.25 bits per heavy atom. The first-order valence-electron chi connectivity index (χ1n) is 6.11. The molecule has 1 aromatic heterocycles. The van der Waals surface area contributed by atoms with Crippen molar-refractivity contribution >= 4 is 23.4 Å². The zero-order valence-electron chi connectivity index (χ0n) is 11.3. The SMILES string of the molecule is Cc1cccc(OCc2ncc(/C=C/C(=O)O)s2)c1C. The van der Waals surface area contributed by atoms with Gasteiger partial charge in [-0.3, -0.25) is 0 Å². The molecular formula is C15H15NO3S. The zero-order valence-corrected chi connectivity index (χ0v) is 12.1. The van der Waals surface area contributed by atoms with Crippen LogP contribution >= 0.6 is 11.3 Å². The average molecular weight is 289 g/mol. The van der Waals surface area contributed by atoms with Crippen molar-refractivity contribution < 1.29 is 14.6 Å². The topological polar surface area (TPSA) is 59.4 Å². The summed E-state index contributed by atoms with van der Waals surface area (Å²) < 4.78 is 5.75. The Hall–Kier alpha value is -2.14. The van der Waals surface area contributed by atoms with Crippen LogP contribution < -0.4 is 4.74 Å². The van der Waals surface area contributed by atoms with E-state index in [1.54, 1.807) is 6.20 Å². The van der Waals surface area contributed by atoms with E-state index in [9.17, 15) is 4.79 Å². The van der Waals surface area contributed by atoms with Gasteiger partial charge in [0.1, 0.15) is 17.4 Å². The lowest BCUT2D eigenvalue weighted by atomic mass is 10.1. The number of thiazole rings is 1. The average Bonchev–Trinajstić information content (AvgIpc) is 2.86. The number of carboxylic acids is 1. The fourth-order valence-corrected chi connectivity index (χ4v) is 2.38. The van der Waals surface area contributed by atoms with Gasteiger partial charge in [-0.2, -0.15) is 0 Å². The molecule has 0 atom stereocenters. The van der Waals surface area contributed by atoms with Gasteiger partial charge in [0.15, 0.2) is 0 Å². The van der Waals surface area contributed by atoms with Crippen molar-refractivity contribution in [3.63, 3.8) is 0 Å². The summed E-state index contributed by atoms with van der Waals surface area (Å²) in [5, 5.41) is 9.38. The minimum Gasteiger partial charge on any atom is -0.486 e. The number of hydrogen-bond donors (Lipinski definition) is 1. The van der Waals surface area contributed by atoms with Gasteiger partial charge in [-0.25, -0.2) is 9.78 Å². The maximum atomic E-state index is 10.4. The lowest BCUT2D eigenvalue weighted by Crippen LogP contribution is -1.97. The molecule has 1 heterocycles. The number of aryl methyl sites for hydroxylation is 1. The minimum atomic E-state index is -0.966. The summed E-state index contributed by atoms with van der Waals surface area (Å²) >= 11 is 1.42. The first-order chi connectivity index (χ1) is 9.56. The molecule has 0 bridgehead atoms. The van der Waals surface area contributed by atoms with Crippen LogP contribution in [0.5, 0.6) is 5.75 Å². The van der Waals surface area contributed by atoms with Crippen LogP contribution in [-0.2, 0) is 11.4 Å². The van der Waals surface area contributed by atoms with Gasteiger partial charge in [-0.05, 0) is 37.1 Å². The second-order valence-corrected chi connectivity index (χ2v) is 5.46. The molecule has 0 saturated heterocycles. The monoisotopic (exact) mass is 289 g/mol. The quantitative estimate of drug-likeness (QED) is 0.857. The number of rotatable bonds is 5. The van der Waals surface area contributed by atoms with Gasteiger partial charge in [-0.1, -0.05) is 12.1 Å². The van der Waals surface area contributed by atoms with E-state index in [-0.39, 0.29) is 0 Å². The highest BCUT2D eigenvalue weighted by molar-refractivity contribution is 7.12. The number of benzene rings is 1. The van der Waals surface area contributed by atoms with Crippen molar-refractivity contribution in [2.24, 2.45) is 0 Å². The molecule has 0 saturated carbocycles. The predicted molar refractivity (Wildman–Crippen MR) is 79.0 cm³/mol. The largest absolute Gasteiger partial charge is 0.486 e. The fourth-order valence-electron chi connectivity index (χ4n) is 1.64. The van der Waals surface area contributed by atoms with E-state index in [4.69, 9.17) is 9.84 Å². The van der Waals surface area contributed by atoms with E-state index < -0.39 is 5.97 Å². The molecule has 4 nitrogen and oxygen atoms in total. The molecule has 20 heavy (non-hydrogen) atoms. The number of aromatic nitrogens is 1. The van der Waals surface area contributed by atoms with Gasteiger partial charge in [0.05, 0.1) is 0 Å². The number of aliphatic carboxylic acids is 1. The third-order valence-corrected chi connectivity index (χ3v) is 3.80. The van der Waals surface area contributed by atoms with Crippen molar-refractivity contribution in [1.29, 1.82) is 0 Å². The van der Waals surface area contributed by atoms with Gasteiger partial charge >= 0.3 is 5.97 Å². The Morgan fingerprint density at radius 1 is 1.45 bits per heavy atom. The molecule has 0 aliphatic heterocycles. The Balaban J connectivity index is 2.01. The fraction of sp³-hybridized carbons (Fsp3) is 0.200. The summed E-state index contributed by atoms with van der Waals surface area (Å²) in [6.07, 6.45) is 4.27. The zero-order chi connectivity index (χ0) is 14.5. The maximum absolute atomic E-state index is 10.4. The van der Waals surface area contributed by atoms with E-state index in [1.165, 1.54) is 23.0 Å². The number of ether oxygens (including phenoxy) is 1. The lowest BCUT2D eigenvalue weighted by molar-refractivity contribution is -0.131. The molecule has 0 unspecified atom stereocenters. The Kier molecular flexibility index (Phi) is 4.53. The molecule has 0 fully saturated rings. The predicted octanol–water partition coefficient (Wildman–Crippen LogP) is 3.44. The number of hydrogen-bond acceptors (Lipinski definition) is 4. The van der Waals surface area contributed by atoms with Crippen LogP contribution in [0.4, 0.5) is 0 Å². The third-order valence-electron chi connectivity index (χ3n) is 2.87. The summed E-state index contributed by atoms with van der Waals surface area (Å²) in [4.78, 5) is 15.4. The van der Waals surface area contributed by atoms with Crippen LogP contribution in [0.1, 0.15) is 21.0 Å². The highest BCUT2D eigenvalue weighted by atomic mass is 32.1. The standard InChI is InChI=1S/C15H15NO3S/c1-10-4-3-5-13(11(10)2)19-9-14-16-8-12(20-14)6-7-15(17)18/h3-8H,9H2,1-2H3,(H,17,18)/b7-6+. The van der Waals surface area contributed by atoms with Gasteiger partial charge in [0.25, 0.3) is 0 Å². The first-order valence-corrected chi connectivity index (χ1v) is 6.92. The number of carbonyl (C=O) groups is 1.